The van der Waals surface area contributed by atoms with Gasteiger partial charge < -0.3 is 9.73 Å². The number of carbonyl (C=O) groups is 1. The first-order valence-corrected chi connectivity index (χ1v) is 8.88. The number of aryl methyl sites for hydroxylation is 2. The van der Waals surface area contributed by atoms with Crippen LogP contribution in [0.2, 0.25) is 0 Å². The number of rotatable bonds is 5. The highest BCUT2D eigenvalue weighted by Gasteiger charge is 2.24. The molecule has 1 atom stereocenters. The standard InChI is InChI=1S/C20H20N4O2/c25-19(10-9-14-5-4-12-26-14)23-16-7-3-8-17-15(16)13-22-20(24-17)18-6-1-2-11-21-18/h1-2,4-6,11-13,16H,3,7-10H2,(H,23,25). The molecule has 26 heavy (non-hydrogen) atoms. The van der Waals surface area contributed by atoms with E-state index in [-0.39, 0.29) is 11.9 Å². The third-order valence-electron chi connectivity index (χ3n) is 4.59. The van der Waals surface area contributed by atoms with E-state index >= 15 is 0 Å². The maximum absolute atomic E-state index is 12.3. The Hall–Kier alpha value is -3.02. The van der Waals surface area contributed by atoms with Gasteiger partial charge in [0.15, 0.2) is 5.82 Å². The molecule has 132 valence electrons. The maximum Gasteiger partial charge on any atom is 0.220 e. The zero-order valence-electron chi connectivity index (χ0n) is 14.4. The van der Waals surface area contributed by atoms with E-state index in [0.717, 1.165) is 42.0 Å². The highest BCUT2D eigenvalue weighted by Crippen LogP contribution is 2.29. The Bertz CT molecular complexity index is 878. The molecule has 3 aromatic rings. The number of fused-ring (bicyclic) bond motifs is 1. The minimum Gasteiger partial charge on any atom is -0.469 e. The fourth-order valence-electron chi connectivity index (χ4n) is 3.27. The van der Waals surface area contributed by atoms with E-state index in [1.165, 1.54) is 0 Å². The molecule has 3 heterocycles. The van der Waals surface area contributed by atoms with Crippen molar-refractivity contribution in [3.05, 3.63) is 66.0 Å². The number of hydrogen-bond donors (Lipinski definition) is 1. The van der Waals surface area contributed by atoms with Crippen molar-refractivity contribution in [2.24, 2.45) is 0 Å². The van der Waals surface area contributed by atoms with Crippen molar-refractivity contribution in [3.63, 3.8) is 0 Å². The average Bonchev–Trinajstić information content (AvgIpc) is 3.21. The van der Waals surface area contributed by atoms with Gasteiger partial charge in [-0.2, -0.15) is 0 Å². The van der Waals surface area contributed by atoms with Crippen molar-refractivity contribution in [2.75, 3.05) is 0 Å². The Morgan fingerprint density at radius 1 is 1.23 bits per heavy atom. The van der Waals surface area contributed by atoms with E-state index in [9.17, 15) is 4.79 Å². The van der Waals surface area contributed by atoms with Crippen LogP contribution in [-0.4, -0.2) is 20.9 Å². The molecule has 0 saturated heterocycles. The highest BCUT2D eigenvalue weighted by molar-refractivity contribution is 5.76. The Kier molecular flexibility index (Phi) is 4.73. The van der Waals surface area contributed by atoms with Gasteiger partial charge in [-0.15, -0.1) is 0 Å². The minimum atomic E-state index is -0.0272. The number of nitrogens with zero attached hydrogens (tertiary/aromatic N) is 3. The van der Waals surface area contributed by atoms with Crippen LogP contribution >= 0.6 is 0 Å². The summed E-state index contributed by atoms with van der Waals surface area (Å²) in [5.74, 6) is 1.48. The molecule has 0 spiro atoms. The maximum atomic E-state index is 12.3. The summed E-state index contributed by atoms with van der Waals surface area (Å²) < 4.78 is 5.28. The van der Waals surface area contributed by atoms with Crippen molar-refractivity contribution < 1.29 is 9.21 Å². The number of furan rings is 1. The highest BCUT2D eigenvalue weighted by atomic mass is 16.3. The summed E-state index contributed by atoms with van der Waals surface area (Å²) in [7, 11) is 0. The molecule has 1 amide bonds. The second-order valence-electron chi connectivity index (χ2n) is 6.40. The topological polar surface area (TPSA) is 80.9 Å². The van der Waals surface area contributed by atoms with Crippen molar-refractivity contribution in [2.45, 2.75) is 38.1 Å². The van der Waals surface area contributed by atoms with E-state index in [0.29, 0.717) is 18.7 Å². The molecular formula is C20H20N4O2. The Balaban J connectivity index is 1.46. The van der Waals surface area contributed by atoms with Gasteiger partial charge in [0, 0.05) is 36.5 Å². The predicted molar refractivity (Wildman–Crippen MR) is 96.1 cm³/mol. The lowest BCUT2D eigenvalue weighted by Gasteiger charge is -2.25. The van der Waals surface area contributed by atoms with Crippen LogP contribution in [0.5, 0.6) is 0 Å². The normalized spacial score (nSPS) is 16.1. The third-order valence-corrected chi connectivity index (χ3v) is 4.59. The fourth-order valence-corrected chi connectivity index (χ4v) is 3.27. The lowest BCUT2D eigenvalue weighted by molar-refractivity contribution is -0.122. The fraction of sp³-hybridized carbons (Fsp3) is 0.300. The third kappa shape index (κ3) is 3.64. The van der Waals surface area contributed by atoms with Crippen molar-refractivity contribution in [1.82, 2.24) is 20.3 Å². The van der Waals surface area contributed by atoms with Gasteiger partial charge in [0.05, 0.1) is 12.3 Å². The van der Waals surface area contributed by atoms with Crippen LogP contribution in [0.4, 0.5) is 0 Å². The summed E-state index contributed by atoms with van der Waals surface area (Å²) in [4.78, 5) is 25.8. The lowest BCUT2D eigenvalue weighted by Crippen LogP contribution is -2.31. The van der Waals surface area contributed by atoms with Gasteiger partial charge in [0.25, 0.3) is 0 Å². The Morgan fingerprint density at radius 3 is 3.00 bits per heavy atom. The molecule has 1 N–H and O–H groups in total. The smallest absolute Gasteiger partial charge is 0.220 e. The van der Waals surface area contributed by atoms with Crippen molar-refractivity contribution in [1.29, 1.82) is 0 Å². The summed E-state index contributed by atoms with van der Waals surface area (Å²) in [6.45, 7) is 0. The summed E-state index contributed by atoms with van der Waals surface area (Å²) in [6, 6.07) is 9.39. The molecule has 6 nitrogen and oxygen atoms in total. The first-order chi connectivity index (χ1) is 12.8. The monoisotopic (exact) mass is 348 g/mol. The Labute approximate surface area is 151 Å². The second-order valence-corrected chi connectivity index (χ2v) is 6.40. The van der Waals surface area contributed by atoms with E-state index in [2.05, 4.69) is 20.3 Å². The lowest BCUT2D eigenvalue weighted by atomic mass is 9.92. The molecule has 0 fully saturated rings. The summed E-state index contributed by atoms with van der Waals surface area (Å²) in [6.07, 6.45) is 9.01. The number of pyridine rings is 1. The predicted octanol–water partition coefficient (Wildman–Crippen LogP) is 3.26. The first-order valence-electron chi connectivity index (χ1n) is 8.88. The second kappa shape index (κ2) is 7.47. The zero-order chi connectivity index (χ0) is 17.8. The van der Waals surface area contributed by atoms with Gasteiger partial charge in [-0.25, -0.2) is 9.97 Å². The van der Waals surface area contributed by atoms with Crippen LogP contribution in [0.25, 0.3) is 11.5 Å². The van der Waals surface area contributed by atoms with Gasteiger partial charge in [-0.05, 0) is 43.5 Å². The van der Waals surface area contributed by atoms with Crippen LogP contribution in [0.3, 0.4) is 0 Å². The molecule has 0 aromatic carbocycles. The molecule has 6 heteroatoms. The van der Waals surface area contributed by atoms with Gasteiger partial charge in [-0.3, -0.25) is 9.78 Å². The molecule has 4 rings (SSSR count). The molecule has 1 aliphatic rings. The van der Waals surface area contributed by atoms with Gasteiger partial charge in [0.2, 0.25) is 5.91 Å². The van der Waals surface area contributed by atoms with Crippen LogP contribution in [-0.2, 0) is 17.6 Å². The number of aromatic nitrogens is 3. The average molecular weight is 348 g/mol. The minimum absolute atomic E-state index is 0.0213. The van der Waals surface area contributed by atoms with E-state index in [4.69, 9.17) is 4.42 Å². The molecule has 1 aliphatic carbocycles. The summed E-state index contributed by atoms with van der Waals surface area (Å²) in [5, 5.41) is 3.12. The number of hydrogen-bond acceptors (Lipinski definition) is 5. The first kappa shape index (κ1) is 16.4. The zero-order valence-corrected chi connectivity index (χ0v) is 14.4. The molecule has 0 bridgehead atoms. The molecule has 1 unspecified atom stereocenters. The molecule has 0 radical (unpaired) electrons. The number of carbonyl (C=O) groups excluding carboxylic acids is 1. The van der Waals surface area contributed by atoms with Crippen LogP contribution in [0.15, 0.2) is 53.4 Å². The van der Waals surface area contributed by atoms with Crippen molar-refractivity contribution in [3.8, 4) is 11.5 Å². The van der Waals surface area contributed by atoms with Gasteiger partial charge >= 0.3 is 0 Å². The summed E-state index contributed by atoms with van der Waals surface area (Å²) >= 11 is 0. The van der Waals surface area contributed by atoms with E-state index in [1.807, 2.05) is 36.5 Å². The molecular weight excluding hydrogens is 328 g/mol. The SMILES string of the molecule is O=C(CCc1ccco1)NC1CCCc2nc(-c3ccccn3)ncc21. The van der Waals surface area contributed by atoms with E-state index < -0.39 is 0 Å². The van der Waals surface area contributed by atoms with Crippen LogP contribution in [0, 0.1) is 0 Å². The number of nitrogens with one attached hydrogen (secondary N) is 1. The van der Waals surface area contributed by atoms with Crippen molar-refractivity contribution >= 4 is 5.91 Å². The molecule has 0 aliphatic heterocycles. The van der Waals surface area contributed by atoms with Gasteiger partial charge in [-0.1, -0.05) is 6.07 Å². The van der Waals surface area contributed by atoms with Crippen LogP contribution in [0.1, 0.15) is 42.3 Å². The number of amides is 1. The Morgan fingerprint density at radius 2 is 2.19 bits per heavy atom. The van der Waals surface area contributed by atoms with E-state index in [1.54, 1.807) is 12.5 Å². The largest absolute Gasteiger partial charge is 0.469 e. The summed E-state index contributed by atoms with van der Waals surface area (Å²) in [5.41, 5.74) is 2.78. The quantitative estimate of drug-likeness (QED) is 0.765. The molecule has 0 saturated carbocycles. The van der Waals surface area contributed by atoms with Gasteiger partial charge in [0.1, 0.15) is 11.5 Å². The van der Waals surface area contributed by atoms with Crippen LogP contribution < -0.4 is 5.32 Å². The molecule has 3 aromatic heterocycles.